The number of aromatic hydroxyl groups is 1. The molecule has 5 amide bonds. The lowest BCUT2D eigenvalue weighted by Gasteiger charge is -2.37. The van der Waals surface area contributed by atoms with Gasteiger partial charge in [0.1, 0.15) is 23.9 Å². The van der Waals surface area contributed by atoms with Crippen LogP contribution in [0.1, 0.15) is 87.3 Å². The van der Waals surface area contributed by atoms with Crippen molar-refractivity contribution in [1.29, 1.82) is 0 Å². The monoisotopic (exact) mass is 823 g/mol. The second kappa shape index (κ2) is 23.6. The van der Waals surface area contributed by atoms with Crippen molar-refractivity contribution in [3.63, 3.8) is 0 Å². The summed E-state index contributed by atoms with van der Waals surface area (Å²) in [7, 11) is 1.70. The highest BCUT2D eigenvalue weighted by atomic mass is 16.3. The van der Waals surface area contributed by atoms with Crippen LogP contribution in [-0.4, -0.2) is 101 Å². The zero-order valence-corrected chi connectivity index (χ0v) is 35.1. The summed E-state index contributed by atoms with van der Waals surface area (Å²) >= 11 is 0. The Balaban J connectivity index is 1.43. The number of rotatable bonds is 21. The van der Waals surface area contributed by atoms with Crippen molar-refractivity contribution in [2.45, 2.75) is 120 Å². The second-order valence-electron chi connectivity index (χ2n) is 16.4. The molecule has 13 heteroatoms. The highest BCUT2D eigenvalue weighted by molar-refractivity contribution is 6.05. The van der Waals surface area contributed by atoms with E-state index in [4.69, 9.17) is 11.5 Å². The molecule has 0 bridgehead atoms. The van der Waals surface area contributed by atoms with Gasteiger partial charge >= 0.3 is 0 Å². The Bertz CT molecular complexity index is 1820. The first kappa shape index (κ1) is 46.0. The Labute approximate surface area is 355 Å². The largest absolute Gasteiger partial charge is 0.508 e. The van der Waals surface area contributed by atoms with Gasteiger partial charge in [0.05, 0.1) is 12.1 Å². The number of imide groups is 1. The van der Waals surface area contributed by atoms with Gasteiger partial charge in [-0.05, 0) is 99.7 Å². The van der Waals surface area contributed by atoms with Crippen molar-refractivity contribution in [2.24, 2.45) is 17.4 Å². The number of amides is 5. The molecule has 1 aliphatic heterocycles. The minimum Gasteiger partial charge on any atom is -0.508 e. The van der Waals surface area contributed by atoms with Gasteiger partial charge in [-0.1, -0.05) is 105 Å². The Morgan fingerprint density at radius 2 is 1.43 bits per heavy atom. The van der Waals surface area contributed by atoms with E-state index < -0.39 is 53.8 Å². The van der Waals surface area contributed by atoms with Crippen LogP contribution in [0.25, 0.3) is 0 Å². The Morgan fingerprint density at radius 3 is 2.07 bits per heavy atom. The summed E-state index contributed by atoms with van der Waals surface area (Å²) in [6.45, 7) is 0.885. The van der Waals surface area contributed by atoms with Gasteiger partial charge in [-0.15, -0.1) is 0 Å². The summed E-state index contributed by atoms with van der Waals surface area (Å²) in [5.41, 5.74) is 15.2. The topological polar surface area (TPSA) is 200 Å². The molecule has 5 rings (SSSR count). The van der Waals surface area contributed by atoms with Crippen LogP contribution >= 0.6 is 0 Å². The average molecular weight is 824 g/mol. The van der Waals surface area contributed by atoms with Gasteiger partial charge < -0.3 is 37.4 Å². The van der Waals surface area contributed by atoms with Gasteiger partial charge in [-0.25, -0.2) is 0 Å². The lowest BCUT2D eigenvalue weighted by atomic mass is 9.84. The number of benzene rings is 3. The third-order valence-electron chi connectivity index (χ3n) is 12.0. The number of carbonyl (C=O) groups is 5. The van der Waals surface area contributed by atoms with E-state index >= 15 is 4.79 Å². The Morgan fingerprint density at radius 1 is 0.783 bits per heavy atom. The number of nitrogens with two attached hydrogens (primary N) is 2. The number of hydrogen-bond donors (Lipinski definition) is 6. The first-order valence-corrected chi connectivity index (χ1v) is 21.8. The number of phenolic OH excluding ortho intramolecular Hbond substituents is 1. The molecule has 13 nitrogen and oxygen atoms in total. The predicted octanol–water partition coefficient (Wildman–Crippen LogP) is 3.75. The maximum absolute atomic E-state index is 15.2. The molecule has 1 aliphatic carbocycles. The van der Waals surface area contributed by atoms with E-state index in [0.29, 0.717) is 51.5 Å². The van der Waals surface area contributed by atoms with Crippen LogP contribution in [0.3, 0.4) is 0 Å². The molecule has 5 atom stereocenters. The average Bonchev–Trinajstić information content (AvgIpc) is 3.77. The number of hydrogen-bond acceptors (Lipinski definition) is 9. The summed E-state index contributed by atoms with van der Waals surface area (Å²) in [6.07, 6.45) is 8.75. The van der Waals surface area contributed by atoms with Crippen LogP contribution in [0.4, 0.5) is 0 Å². The van der Waals surface area contributed by atoms with Crippen molar-refractivity contribution < 1.29 is 29.1 Å². The number of likely N-dealkylation sites (N-methyl/N-ethyl adjacent to an activating group) is 1. The van der Waals surface area contributed by atoms with E-state index in [1.807, 2.05) is 60.7 Å². The highest BCUT2D eigenvalue weighted by Crippen LogP contribution is 2.29. The van der Waals surface area contributed by atoms with E-state index in [1.54, 1.807) is 31.3 Å². The number of nitrogens with one attached hydrogen (secondary N) is 3. The summed E-state index contributed by atoms with van der Waals surface area (Å²) in [4.78, 5) is 75.3. The van der Waals surface area contributed by atoms with Crippen LogP contribution in [0, 0.1) is 5.92 Å². The number of nitrogens with zero attached hydrogens (tertiary/aromatic N) is 2. The van der Waals surface area contributed by atoms with E-state index in [0.717, 1.165) is 53.7 Å². The molecule has 0 unspecified atom stereocenters. The molecular formula is C47H65N7O6. The van der Waals surface area contributed by atoms with Gasteiger partial charge in [-0.3, -0.25) is 28.9 Å². The second-order valence-corrected chi connectivity index (χ2v) is 16.4. The molecule has 8 N–H and O–H groups in total. The lowest BCUT2D eigenvalue weighted by molar-refractivity contribution is -0.158. The molecule has 324 valence electrons. The van der Waals surface area contributed by atoms with Crippen LogP contribution < -0.4 is 27.4 Å². The molecule has 0 radical (unpaired) electrons. The quantitative estimate of drug-likeness (QED) is 0.0867. The van der Waals surface area contributed by atoms with Crippen LogP contribution in [0.2, 0.25) is 0 Å². The van der Waals surface area contributed by atoms with Gasteiger partial charge in [0, 0.05) is 19.5 Å². The van der Waals surface area contributed by atoms with Crippen molar-refractivity contribution >= 4 is 29.5 Å². The standard InChI is InChI=1S/C47H65N7O6/c1-50-40(31-35-16-7-3-8-17-35)43(56)52-39(20-11-12-27-48)46(59)53-29-13-21-41(53)47(60)54(45(58)38(49)30-34-14-5-2-6-15-34)42(32-36-18-9-4-10-19-36)44(57)51-28-26-33-22-24-37(55)25-23-33/h3-4,7-10,16-19,22-25,34,38-42,50,55H,2,5-6,11-15,20-21,26-32,48-49H2,1H3,(H,51,57)(H,52,56)/t38-,39+,40+,41+,42+/m1/s1. The fourth-order valence-corrected chi connectivity index (χ4v) is 8.57. The summed E-state index contributed by atoms with van der Waals surface area (Å²) < 4.78 is 0. The fourth-order valence-electron chi connectivity index (χ4n) is 8.57. The molecule has 3 aromatic rings. The number of phenols is 1. The molecule has 2 fully saturated rings. The molecule has 1 saturated carbocycles. The molecular weight excluding hydrogens is 759 g/mol. The van der Waals surface area contributed by atoms with E-state index in [9.17, 15) is 24.3 Å². The number of unbranched alkanes of at least 4 members (excludes halogenated alkanes) is 1. The van der Waals surface area contributed by atoms with Crippen LogP contribution in [0.5, 0.6) is 5.75 Å². The van der Waals surface area contributed by atoms with Crippen LogP contribution in [0.15, 0.2) is 84.9 Å². The molecule has 2 aliphatic rings. The number of likely N-dealkylation sites (tertiary alicyclic amines) is 1. The van der Waals surface area contributed by atoms with Crippen molar-refractivity contribution in [3.05, 3.63) is 102 Å². The van der Waals surface area contributed by atoms with E-state index in [2.05, 4.69) is 16.0 Å². The fraction of sp³-hybridized carbons (Fsp3) is 0.511. The minimum atomic E-state index is -1.25. The van der Waals surface area contributed by atoms with Gasteiger partial charge in [0.25, 0.3) is 5.91 Å². The minimum absolute atomic E-state index is 0.0464. The molecule has 0 spiro atoms. The van der Waals surface area contributed by atoms with E-state index in [1.165, 1.54) is 4.90 Å². The smallest absolute Gasteiger partial charge is 0.252 e. The van der Waals surface area contributed by atoms with Crippen LogP contribution in [-0.2, 0) is 43.2 Å². The molecule has 0 aromatic heterocycles. The van der Waals surface area contributed by atoms with Crippen molar-refractivity contribution in [1.82, 2.24) is 25.8 Å². The zero-order valence-electron chi connectivity index (χ0n) is 35.1. The van der Waals surface area contributed by atoms with Gasteiger partial charge in [0.2, 0.25) is 23.6 Å². The molecule has 1 saturated heterocycles. The molecule has 1 heterocycles. The molecule has 3 aromatic carbocycles. The summed E-state index contributed by atoms with van der Waals surface area (Å²) in [5, 5.41) is 18.8. The summed E-state index contributed by atoms with van der Waals surface area (Å²) in [5.74, 6) is -2.18. The van der Waals surface area contributed by atoms with Crippen molar-refractivity contribution in [2.75, 3.05) is 26.7 Å². The normalized spacial score (nSPS) is 17.6. The van der Waals surface area contributed by atoms with Gasteiger partial charge in [0.15, 0.2) is 0 Å². The first-order valence-electron chi connectivity index (χ1n) is 21.8. The predicted molar refractivity (Wildman–Crippen MR) is 232 cm³/mol. The number of carbonyl (C=O) groups excluding carboxylic acids is 5. The highest BCUT2D eigenvalue weighted by Gasteiger charge is 2.45. The Hall–Kier alpha value is -5.11. The maximum atomic E-state index is 15.2. The third kappa shape index (κ3) is 13.2. The maximum Gasteiger partial charge on any atom is 0.252 e. The van der Waals surface area contributed by atoms with Crippen molar-refractivity contribution in [3.8, 4) is 5.75 Å². The Kier molecular flexibility index (Phi) is 18.1. The SMILES string of the molecule is CN[C@@H](Cc1ccccc1)C(=O)N[C@@H](CCCCN)C(=O)N1CCC[C@H]1C(=O)N(C(=O)[C@H](N)CC1CCCCC1)[C@@H](Cc1ccccc1)C(=O)NCCc1ccc(O)cc1. The third-order valence-corrected chi connectivity index (χ3v) is 12.0. The lowest BCUT2D eigenvalue weighted by Crippen LogP contribution is -2.62. The molecule has 60 heavy (non-hydrogen) atoms. The van der Waals surface area contributed by atoms with E-state index in [-0.39, 0.29) is 43.5 Å². The zero-order chi connectivity index (χ0) is 42.9. The van der Waals surface area contributed by atoms with Gasteiger partial charge in [-0.2, -0.15) is 0 Å². The summed E-state index contributed by atoms with van der Waals surface area (Å²) in [6, 6.07) is 20.7. The first-order chi connectivity index (χ1) is 29.1.